The van der Waals surface area contributed by atoms with E-state index in [0.29, 0.717) is 0 Å². The van der Waals surface area contributed by atoms with Crippen LogP contribution in [0.2, 0.25) is 0 Å². The van der Waals surface area contributed by atoms with E-state index in [9.17, 15) is 0 Å². The van der Waals surface area contributed by atoms with E-state index in [4.69, 9.17) is 25.5 Å². The maximum atomic E-state index is 9.12. The molecule has 1 aliphatic heterocycles. The molecule has 0 aromatic carbocycles. The van der Waals surface area contributed by atoms with Crippen LogP contribution in [0.25, 0.3) is 0 Å². The predicted octanol–water partition coefficient (Wildman–Crippen LogP) is -3.22. The standard InChI is InChI=1S/C6H12O6/c7-1-2(8)5-3(9)4(10)6(11)12-5/h2-11H,1H2/t2?,3-,4-,5+,6-/m0/s1. The van der Waals surface area contributed by atoms with E-state index in [1.54, 1.807) is 0 Å². The number of hydrogen-bond donors (Lipinski definition) is 5. The Morgan fingerprint density at radius 2 is 1.75 bits per heavy atom. The summed E-state index contributed by atoms with van der Waals surface area (Å²) in [7, 11) is 0. The minimum Gasteiger partial charge on any atom is -0.394 e. The lowest BCUT2D eigenvalue weighted by molar-refractivity contribution is -0.150. The number of rotatable bonds is 2. The second-order valence-electron chi connectivity index (χ2n) is 2.72. The fraction of sp³-hybridized carbons (Fsp3) is 1.00. The first kappa shape index (κ1) is 9.85. The summed E-state index contributed by atoms with van der Waals surface area (Å²) in [6, 6.07) is 0. The summed E-state index contributed by atoms with van der Waals surface area (Å²) in [5.41, 5.74) is 0. The molecule has 72 valence electrons. The molecule has 12 heavy (non-hydrogen) atoms. The first-order valence-electron chi connectivity index (χ1n) is 3.56. The molecule has 1 aliphatic rings. The van der Waals surface area contributed by atoms with Crippen molar-refractivity contribution in [3.05, 3.63) is 0 Å². The summed E-state index contributed by atoms with van der Waals surface area (Å²) in [6.07, 6.45) is -6.75. The van der Waals surface area contributed by atoms with E-state index < -0.39 is 37.3 Å². The zero-order valence-electron chi connectivity index (χ0n) is 6.24. The summed E-state index contributed by atoms with van der Waals surface area (Å²) in [6.45, 7) is -0.596. The molecule has 0 radical (unpaired) electrons. The Morgan fingerprint density at radius 1 is 1.17 bits per heavy atom. The quantitative estimate of drug-likeness (QED) is 0.306. The minimum atomic E-state index is -1.51. The van der Waals surface area contributed by atoms with E-state index in [1.165, 1.54) is 0 Å². The number of aliphatic hydroxyl groups is 5. The molecule has 0 aromatic rings. The Balaban J connectivity index is 2.58. The third-order valence-corrected chi connectivity index (χ3v) is 1.84. The largest absolute Gasteiger partial charge is 0.394 e. The molecule has 5 atom stereocenters. The lowest BCUT2D eigenvalue weighted by atomic mass is 10.1. The van der Waals surface area contributed by atoms with Gasteiger partial charge in [0.05, 0.1) is 6.61 Å². The molecule has 1 heterocycles. The van der Waals surface area contributed by atoms with Crippen molar-refractivity contribution in [1.82, 2.24) is 0 Å². The zero-order valence-corrected chi connectivity index (χ0v) is 6.24. The fourth-order valence-corrected chi connectivity index (χ4v) is 1.11. The van der Waals surface area contributed by atoms with Gasteiger partial charge in [-0.3, -0.25) is 0 Å². The van der Waals surface area contributed by atoms with E-state index in [1.807, 2.05) is 0 Å². The average Bonchev–Trinajstić information content (AvgIpc) is 2.32. The van der Waals surface area contributed by atoms with Crippen LogP contribution >= 0.6 is 0 Å². The molecule has 1 unspecified atom stereocenters. The SMILES string of the molecule is OCC(O)[C@H]1O[C@H](O)[C@@H](O)[C@@H]1O. The van der Waals surface area contributed by atoms with Crippen molar-refractivity contribution in [3.63, 3.8) is 0 Å². The molecule has 0 saturated carbocycles. The van der Waals surface area contributed by atoms with Gasteiger partial charge in [-0.15, -0.1) is 0 Å². The topological polar surface area (TPSA) is 110 Å². The third-order valence-electron chi connectivity index (χ3n) is 1.84. The summed E-state index contributed by atoms with van der Waals surface area (Å²) in [4.78, 5) is 0. The van der Waals surface area contributed by atoms with Gasteiger partial charge in [-0.1, -0.05) is 0 Å². The van der Waals surface area contributed by atoms with E-state index in [2.05, 4.69) is 4.74 Å². The lowest BCUT2D eigenvalue weighted by Gasteiger charge is -2.18. The van der Waals surface area contributed by atoms with Crippen molar-refractivity contribution in [2.75, 3.05) is 6.61 Å². The van der Waals surface area contributed by atoms with Gasteiger partial charge in [0.2, 0.25) is 0 Å². The highest BCUT2D eigenvalue weighted by molar-refractivity contribution is 4.89. The van der Waals surface area contributed by atoms with Crippen LogP contribution in [0.3, 0.4) is 0 Å². The van der Waals surface area contributed by atoms with Gasteiger partial charge >= 0.3 is 0 Å². The van der Waals surface area contributed by atoms with Crippen LogP contribution in [-0.2, 0) is 4.74 Å². The van der Waals surface area contributed by atoms with Crippen LogP contribution in [0.15, 0.2) is 0 Å². The van der Waals surface area contributed by atoms with Crippen LogP contribution in [-0.4, -0.2) is 62.8 Å². The molecule has 5 N–H and O–H groups in total. The fourth-order valence-electron chi connectivity index (χ4n) is 1.11. The first-order chi connectivity index (χ1) is 5.57. The molecule has 6 nitrogen and oxygen atoms in total. The lowest BCUT2D eigenvalue weighted by Crippen LogP contribution is -2.40. The molecule has 0 spiro atoms. The zero-order chi connectivity index (χ0) is 9.30. The Kier molecular flexibility index (Phi) is 2.99. The van der Waals surface area contributed by atoms with Crippen LogP contribution < -0.4 is 0 Å². The maximum absolute atomic E-state index is 9.12. The Labute approximate surface area is 68.6 Å². The van der Waals surface area contributed by atoms with Crippen LogP contribution in [0, 0.1) is 0 Å². The molecule has 0 aliphatic carbocycles. The molecule has 0 bridgehead atoms. The van der Waals surface area contributed by atoms with Gasteiger partial charge in [0.15, 0.2) is 6.29 Å². The highest BCUT2D eigenvalue weighted by Gasteiger charge is 2.44. The van der Waals surface area contributed by atoms with Crippen LogP contribution in [0.5, 0.6) is 0 Å². The summed E-state index contributed by atoms with van der Waals surface area (Å²) >= 11 is 0. The van der Waals surface area contributed by atoms with Gasteiger partial charge in [0.1, 0.15) is 24.4 Å². The van der Waals surface area contributed by atoms with Gasteiger partial charge in [0.25, 0.3) is 0 Å². The van der Waals surface area contributed by atoms with Crippen molar-refractivity contribution >= 4 is 0 Å². The molecular formula is C6H12O6. The third kappa shape index (κ3) is 1.58. The van der Waals surface area contributed by atoms with Gasteiger partial charge in [-0.25, -0.2) is 0 Å². The first-order valence-corrected chi connectivity index (χ1v) is 3.56. The van der Waals surface area contributed by atoms with Gasteiger partial charge in [-0.2, -0.15) is 0 Å². The van der Waals surface area contributed by atoms with Crippen molar-refractivity contribution < 1.29 is 30.3 Å². The monoisotopic (exact) mass is 180 g/mol. The predicted molar refractivity (Wildman–Crippen MR) is 36.0 cm³/mol. The molecule has 6 heteroatoms. The van der Waals surface area contributed by atoms with Crippen molar-refractivity contribution in [2.24, 2.45) is 0 Å². The average molecular weight is 180 g/mol. The second-order valence-corrected chi connectivity index (χ2v) is 2.72. The molecule has 1 rings (SSSR count). The number of ether oxygens (including phenoxy) is 1. The summed E-state index contributed by atoms with van der Waals surface area (Å²) in [5.74, 6) is 0. The Bertz CT molecular complexity index is 151. The number of hydrogen-bond acceptors (Lipinski definition) is 6. The van der Waals surface area contributed by atoms with Crippen LogP contribution in [0.4, 0.5) is 0 Å². The smallest absolute Gasteiger partial charge is 0.184 e. The van der Waals surface area contributed by atoms with Gasteiger partial charge in [0, 0.05) is 0 Å². The van der Waals surface area contributed by atoms with E-state index in [0.717, 1.165) is 0 Å². The number of aliphatic hydroxyl groups excluding tert-OH is 5. The Hall–Kier alpha value is -0.240. The molecular weight excluding hydrogens is 168 g/mol. The summed E-state index contributed by atoms with van der Waals surface area (Å²) < 4.78 is 4.58. The van der Waals surface area contributed by atoms with Gasteiger partial charge < -0.3 is 30.3 Å². The molecule has 0 amide bonds. The highest BCUT2D eigenvalue weighted by Crippen LogP contribution is 2.21. The second kappa shape index (κ2) is 3.65. The Morgan fingerprint density at radius 3 is 2.08 bits per heavy atom. The minimum absolute atomic E-state index is 0.596. The maximum Gasteiger partial charge on any atom is 0.184 e. The van der Waals surface area contributed by atoms with Crippen molar-refractivity contribution in [3.8, 4) is 0 Å². The van der Waals surface area contributed by atoms with E-state index in [-0.39, 0.29) is 0 Å². The van der Waals surface area contributed by atoms with Crippen LogP contribution in [0.1, 0.15) is 0 Å². The highest BCUT2D eigenvalue weighted by atomic mass is 16.6. The normalized spacial score (nSPS) is 44.8. The van der Waals surface area contributed by atoms with E-state index >= 15 is 0 Å². The summed E-state index contributed by atoms with van der Waals surface area (Å²) in [5, 5.41) is 44.4. The molecule has 1 saturated heterocycles. The van der Waals surface area contributed by atoms with Crippen molar-refractivity contribution in [1.29, 1.82) is 0 Å². The molecule has 0 aromatic heterocycles. The molecule has 1 fully saturated rings. The van der Waals surface area contributed by atoms with Crippen molar-refractivity contribution in [2.45, 2.75) is 30.7 Å². The van der Waals surface area contributed by atoms with Gasteiger partial charge in [-0.05, 0) is 0 Å².